The number of nitrogens with zero attached hydrogens (tertiary/aromatic N) is 1. The van der Waals surface area contributed by atoms with Crippen LogP contribution in [0.3, 0.4) is 0 Å². The van der Waals surface area contributed by atoms with E-state index in [0.717, 1.165) is 19.6 Å². The van der Waals surface area contributed by atoms with Crippen molar-refractivity contribution >= 4 is 5.91 Å². The van der Waals surface area contributed by atoms with E-state index in [0.29, 0.717) is 23.8 Å². The minimum absolute atomic E-state index is 0.212. The van der Waals surface area contributed by atoms with Crippen LogP contribution in [0.15, 0.2) is 40.8 Å². The summed E-state index contributed by atoms with van der Waals surface area (Å²) in [5.41, 5.74) is 0. The van der Waals surface area contributed by atoms with E-state index in [1.165, 1.54) is 0 Å². The third kappa shape index (κ3) is 5.53. The summed E-state index contributed by atoms with van der Waals surface area (Å²) in [6.07, 6.45) is 0. The predicted octanol–water partition coefficient (Wildman–Crippen LogP) is 2.94. The van der Waals surface area contributed by atoms with E-state index >= 15 is 0 Å². The molecule has 0 atom stereocenters. The number of furan rings is 1. The number of carbonyl (C=O) groups is 1. The van der Waals surface area contributed by atoms with Gasteiger partial charge in [0.15, 0.2) is 17.3 Å². The first-order valence-corrected chi connectivity index (χ1v) is 8.53. The Labute approximate surface area is 148 Å². The highest BCUT2D eigenvalue weighted by molar-refractivity contribution is 5.91. The minimum atomic E-state index is -0.212. The Bertz CT molecular complexity index is 665. The van der Waals surface area contributed by atoms with E-state index in [1.807, 2.05) is 24.3 Å². The zero-order valence-corrected chi connectivity index (χ0v) is 15.1. The predicted molar refractivity (Wildman–Crippen MR) is 96.2 cm³/mol. The van der Waals surface area contributed by atoms with Crippen molar-refractivity contribution in [2.75, 3.05) is 33.3 Å². The highest BCUT2D eigenvalue weighted by Crippen LogP contribution is 2.26. The van der Waals surface area contributed by atoms with Gasteiger partial charge in [-0.15, -0.1) is 0 Å². The number of benzene rings is 1. The maximum atomic E-state index is 12.1. The fraction of sp³-hybridized carbons (Fsp3) is 0.421. The lowest BCUT2D eigenvalue weighted by atomic mass is 10.3. The fourth-order valence-electron chi connectivity index (χ4n) is 2.42. The van der Waals surface area contributed by atoms with Crippen LogP contribution in [-0.2, 0) is 6.61 Å². The van der Waals surface area contributed by atoms with Crippen molar-refractivity contribution in [3.05, 3.63) is 47.9 Å². The van der Waals surface area contributed by atoms with Crippen LogP contribution < -0.4 is 14.8 Å². The Morgan fingerprint density at radius 2 is 1.84 bits per heavy atom. The Balaban J connectivity index is 1.84. The Kier molecular flexibility index (Phi) is 7.35. The zero-order valence-electron chi connectivity index (χ0n) is 15.1. The van der Waals surface area contributed by atoms with Gasteiger partial charge in [-0.05, 0) is 37.4 Å². The summed E-state index contributed by atoms with van der Waals surface area (Å²) >= 11 is 0. The Morgan fingerprint density at radius 3 is 2.52 bits per heavy atom. The van der Waals surface area contributed by atoms with Crippen molar-refractivity contribution in [3.63, 3.8) is 0 Å². The molecule has 0 saturated carbocycles. The third-order valence-electron chi connectivity index (χ3n) is 3.93. The zero-order chi connectivity index (χ0) is 18.1. The van der Waals surface area contributed by atoms with Crippen LogP contribution in [0.2, 0.25) is 0 Å². The fourth-order valence-corrected chi connectivity index (χ4v) is 2.42. The van der Waals surface area contributed by atoms with E-state index in [1.54, 1.807) is 19.2 Å². The average Bonchev–Trinajstić information content (AvgIpc) is 3.13. The Hall–Kier alpha value is -2.47. The number of para-hydroxylation sites is 2. The molecular weight excluding hydrogens is 320 g/mol. The van der Waals surface area contributed by atoms with E-state index in [9.17, 15) is 4.79 Å². The molecule has 6 heteroatoms. The molecule has 1 amide bonds. The topological polar surface area (TPSA) is 63.9 Å². The molecule has 0 spiro atoms. The number of hydrogen-bond donors (Lipinski definition) is 1. The summed E-state index contributed by atoms with van der Waals surface area (Å²) in [7, 11) is 1.59. The standard InChI is InChI=1S/C19H26N2O4/c1-4-21(5-2)13-12-20-19(22)18-11-10-15(25-18)14-24-17-9-7-6-8-16(17)23-3/h6-11H,4-5,12-14H2,1-3H3,(H,20,22). The molecule has 25 heavy (non-hydrogen) atoms. The molecule has 0 unspecified atom stereocenters. The van der Waals surface area contributed by atoms with Gasteiger partial charge in [-0.25, -0.2) is 0 Å². The number of carbonyl (C=O) groups excluding carboxylic acids is 1. The molecule has 1 aromatic carbocycles. The van der Waals surface area contributed by atoms with E-state index in [4.69, 9.17) is 13.9 Å². The van der Waals surface area contributed by atoms with Crippen LogP contribution in [0.4, 0.5) is 0 Å². The van der Waals surface area contributed by atoms with Gasteiger partial charge in [0.1, 0.15) is 12.4 Å². The lowest BCUT2D eigenvalue weighted by Gasteiger charge is -2.17. The maximum Gasteiger partial charge on any atom is 0.287 e. The monoisotopic (exact) mass is 346 g/mol. The second-order valence-corrected chi connectivity index (χ2v) is 5.49. The van der Waals surface area contributed by atoms with Crippen molar-refractivity contribution in [1.29, 1.82) is 0 Å². The van der Waals surface area contributed by atoms with Crippen LogP contribution >= 0.6 is 0 Å². The number of ether oxygens (including phenoxy) is 2. The van der Waals surface area contributed by atoms with Gasteiger partial charge in [-0.3, -0.25) is 4.79 Å². The number of likely N-dealkylation sites (N-methyl/N-ethyl adjacent to an activating group) is 1. The molecule has 1 aromatic heterocycles. The van der Waals surface area contributed by atoms with Gasteiger partial charge < -0.3 is 24.1 Å². The smallest absolute Gasteiger partial charge is 0.287 e. The first kappa shape index (κ1) is 18.9. The van der Waals surface area contributed by atoms with E-state index in [2.05, 4.69) is 24.1 Å². The highest BCUT2D eigenvalue weighted by atomic mass is 16.5. The normalized spacial score (nSPS) is 10.7. The first-order valence-electron chi connectivity index (χ1n) is 8.53. The molecule has 136 valence electrons. The van der Waals surface area contributed by atoms with Crippen molar-refractivity contribution < 1.29 is 18.7 Å². The molecule has 1 heterocycles. The Morgan fingerprint density at radius 1 is 1.12 bits per heavy atom. The van der Waals surface area contributed by atoms with Crippen LogP contribution in [0, 0.1) is 0 Å². The minimum Gasteiger partial charge on any atom is -0.493 e. The summed E-state index contributed by atoms with van der Waals surface area (Å²) in [6, 6.07) is 10.8. The van der Waals surface area contributed by atoms with Gasteiger partial charge in [-0.2, -0.15) is 0 Å². The van der Waals surface area contributed by atoms with Crippen molar-refractivity contribution in [2.45, 2.75) is 20.5 Å². The van der Waals surface area contributed by atoms with Crippen LogP contribution in [-0.4, -0.2) is 44.1 Å². The maximum absolute atomic E-state index is 12.1. The van der Waals surface area contributed by atoms with Gasteiger partial charge in [0.05, 0.1) is 7.11 Å². The molecule has 0 saturated heterocycles. The summed E-state index contributed by atoms with van der Waals surface area (Å²) < 4.78 is 16.5. The number of nitrogens with one attached hydrogen (secondary N) is 1. The quantitative estimate of drug-likeness (QED) is 0.717. The lowest BCUT2D eigenvalue weighted by molar-refractivity contribution is 0.0917. The largest absolute Gasteiger partial charge is 0.493 e. The summed E-state index contributed by atoms with van der Waals surface area (Å²) in [6.45, 7) is 7.79. The number of methoxy groups -OCH3 is 1. The molecule has 2 aromatic rings. The van der Waals surface area contributed by atoms with Gasteiger partial charge in [0.2, 0.25) is 0 Å². The van der Waals surface area contributed by atoms with Crippen molar-refractivity contribution in [2.24, 2.45) is 0 Å². The molecular formula is C19H26N2O4. The van der Waals surface area contributed by atoms with E-state index < -0.39 is 0 Å². The van der Waals surface area contributed by atoms with E-state index in [-0.39, 0.29) is 18.3 Å². The number of hydrogen-bond acceptors (Lipinski definition) is 5. The molecule has 0 fully saturated rings. The molecule has 0 aliphatic rings. The highest BCUT2D eigenvalue weighted by Gasteiger charge is 2.12. The molecule has 2 rings (SSSR count). The van der Waals surface area contributed by atoms with Crippen LogP contribution in [0.1, 0.15) is 30.2 Å². The molecule has 1 N–H and O–H groups in total. The second kappa shape index (κ2) is 9.74. The van der Waals surface area contributed by atoms with Crippen LogP contribution in [0.5, 0.6) is 11.5 Å². The van der Waals surface area contributed by atoms with Gasteiger partial charge >= 0.3 is 0 Å². The molecule has 0 radical (unpaired) electrons. The summed E-state index contributed by atoms with van der Waals surface area (Å²) in [4.78, 5) is 14.4. The van der Waals surface area contributed by atoms with Crippen molar-refractivity contribution in [3.8, 4) is 11.5 Å². The van der Waals surface area contributed by atoms with Gasteiger partial charge in [0, 0.05) is 13.1 Å². The van der Waals surface area contributed by atoms with Crippen molar-refractivity contribution in [1.82, 2.24) is 10.2 Å². The second-order valence-electron chi connectivity index (χ2n) is 5.49. The molecule has 0 bridgehead atoms. The van der Waals surface area contributed by atoms with Gasteiger partial charge in [0.25, 0.3) is 5.91 Å². The number of rotatable bonds is 10. The first-order chi connectivity index (χ1) is 12.2. The lowest BCUT2D eigenvalue weighted by Crippen LogP contribution is -2.34. The number of amides is 1. The van der Waals surface area contributed by atoms with Crippen LogP contribution in [0.25, 0.3) is 0 Å². The third-order valence-corrected chi connectivity index (χ3v) is 3.93. The van der Waals surface area contributed by atoms with Gasteiger partial charge in [-0.1, -0.05) is 26.0 Å². The SMILES string of the molecule is CCN(CC)CCNC(=O)c1ccc(COc2ccccc2OC)o1. The summed E-state index contributed by atoms with van der Waals surface area (Å²) in [5.74, 6) is 1.95. The summed E-state index contributed by atoms with van der Waals surface area (Å²) in [5, 5.41) is 2.87. The average molecular weight is 346 g/mol. The molecule has 0 aliphatic heterocycles. The molecule has 0 aliphatic carbocycles. The molecule has 6 nitrogen and oxygen atoms in total.